The first-order valence-electron chi connectivity index (χ1n) is 4.50. The Hall–Kier alpha value is -2.48. The Morgan fingerprint density at radius 2 is 2.25 bits per heavy atom. The number of nitrogens with zero attached hydrogens (tertiary/aromatic N) is 2. The minimum Gasteiger partial charge on any atom is -0.384 e. The van der Waals surface area contributed by atoms with Crippen LogP contribution in [0.3, 0.4) is 0 Å². The van der Waals surface area contributed by atoms with E-state index < -0.39 is 0 Å². The summed E-state index contributed by atoms with van der Waals surface area (Å²) in [4.78, 5) is 11.1. The van der Waals surface area contributed by atoms with Crippen molar-refractivity contribution in [2.75, 3.05) is 11.1 Å². The summed E-state index contributed by atoms with van der Waals surface area (Å²) in [6.45, 7) is 0. The van der Waals surface area contributed by atoms with Gasteiger partial charge in [-0.1, -0.05) is 0 Å². The number of hydrogen-bond acceptors (Lipinski definition) is 7. The van der Waals surface area contributed by atoms with Crippen LogP contribution in [0.15, 0.2) is 24.3 Å². The molecule has 2 aromatic heterocycles. The van der Waals surface area contributed by atoms with E-state index in [1.54, 1.807) is 12.3 Å². The molecule has 0 aromatic carbocycles. The molecule has 0 aliphatic carbocycles. The number of fused-ring (bicyclic) bond motifs is 1. The second-order valence-electron chi connectivity index (χ2n) is 3.06. The average Bonchev–Trinajstić information content (AvgIpc) is 2.66. The molecule has 2 aromatic rings. The van der Waals surface area contributed by atoms with Crippen LogP contribution in [-0.4, -0.2) is 15.0 Å². The van der Waals surface area contributed by atoms with Gasteiger partial charge in [0, 0.05) is 6.20 Å². The van der Waals surface area contributed by atoms with Gasteiger partial charge in [0.2, 0.25) is 5.95 Å². The van der Waals surface area contributed by atoms with Gasteiger partial charge in [0.15, 0.2) is 0 Å². The Bertz CT molecular complexity index is 528. The smallest absolute Gasteiger partial charge is 0.232 e. The monoisotopic (exact) mass is 220 g/mol. The second-order valence-corrected chi connectivity index (χ2v) is 3.06. The third kappa shape index (κ3) is 1.81. The first kappa shape index (κ1) is 10.1. The van der Waals surface area contributed by atoms with E-state index in [9.17, 15) is 0 Å². The molecular formula is C8H12N8. The van der Waals surface area contributed by atoms with Gasteiger partial charge in [0.1, 0.15) is 17.3 Å². The van der Waals surface area contributed by atoms with E-state index in [1.807, 2.05) is 0 Å². The van der Waals surface area contributed by atoms with Crippen LogP contribution in [0, 0.1) is 0 Å². The van der Waals surface area contributed by atoms with Crippen LogP contribution >= 0.6 is 0 Å². The normalized spacial score (nSPS) is 11.7. The van der Waals surface area contributed by atoms with Gasteiger partial charge in [-0.15, -0.1) is 0 Å². The Labute approximate surface area is 90.9 Å². The Kier molecular flexibility index (Phi) is 2.48. The van der Waals surface area contributed by atoms with E-state index in [2.05, 4.69) is 25.7 Å². The van der Waals surface area contributed by atoms with Crippen LogP contribution in [0.25, 0.3) is 11.0 Å². The highest BCUT2D eigenvalue weighted by Gasteiger charge is 2.05. The quantitative estimate of drug-likeness (QED) is 0.292. The summed E-state index contributed by atoms with van der Waals surface area (Å²) < 4.78 is 0. The van der Waals surface area contributed by atoms with Crippen molar-refractivity contribution in [2.24, 2.45) is 11.6 Å². The third-order valence-corrected chi connectivity index (χ3v) is 1.94. The van der Waals surface area contributed by atoms with Gasteiger partial charge in [-0.05, 0) is 6.07 Å². The Morgan fingerprint density at radius 1 is 1.44 bits per heavy atom. The van der Waals surface area contributed by atoms with Crippen molar-refractivity contribution < 1.29 is 0 Å². The molecule has 0 atom stereocenters. The molecule has 0 aliphatic rings. The summed E-state index contributed by atoms with van der Waals surface area (Å²) in [6, 6.07) is 1.80. The molecule has 8 heteroatoms. The highest BCUT2D eigenvalue weighted by molar-refractivity contribution is 5.86. The van der Waals surface area contributed by atoms with E-state index >= 15 is 0 Å². The number of nitrogens with one attached hydrogen (secondary N) is 3. The molecule has 2 rings (SSSR count). The number of H-pyrrole nitrogens is 1. The maximum Gasteiger partial charge on any atom is 0.232 e. The zero-order valence-corrected chi connectivity index (χ0v) is 8.36. The Morgan fingerprint density at radius 3 is 3.00 bits per heavy atom. The molecule has 2 heterocycles. The molecule has 0 amide bonds. The minimum absolute atomic E-state index is 0.285. The molecule has 0 saturated carbocycles. The molecule has 8 nitrogen and oxygen atoms in total. The fourth-order valence-corrected chi connectivity index (χ4v) is 1.28. The molecule has 0 aliphatic heterocycles. The predicted octanol–water partition coefficient (Wildman–Crippen LogP) is -0.827. The number of nitrogens with two attached hydrogens (primary N) is 3. The maximum atomic E-state index is 5.74. The number of rotatable bonds is 3. The number of aromatic amines is 1. The van der Waals surface area contributed by atoms with E-state index in [-0.39, 0.29) is 5.82 Å². The van der Waals surface area contributed by atoms with Gasteiger partial charge in [0.05, 0.1) is 11.6 Å². The minimum atomic E-state index is 0.285. The second kappa shape index (κ2) is 3.95. The lowest BCUT2D eigenvalue weighted by Crippen LogP contribution is -2.20. The lowest BCUT2D eigenvalue weighted by Gasteiger charge is -2.05. The van der Waals surface area contributed by atoms with E-state index in [1.165, 1.54) is 6.20 Å². The lowest BCUT2D eigenvalue weighted by molar-refractivity contribution is 0.945. The molecule has 0 radical (unpaired) electrons. The number of aromatic nitrogens is 3. The summed E-state index contributed by atoms with van der Waals surface area (Å²) in [7, 11) is 0. The predicted molar refractivity (Wildman–Crippen MR) is 61.5 cm³/mol. The van der Waals surface area contributed by atoms with Gasteiger partial charge >= 0.3 is 0 Å². The van der Waals surface area contributed by atoms with Crippen molar-refractivity contribution in [3.8, 4) is 0 Å². The molecule has 0 unspecified atom stereocenters. The van der Waals surface area contributed by atoms with Crippen LogP contribution < -0.4 is 28.1 Å². The summed E-state index contributed by atoms with van der Waals surface area (Å²) in [5.41, 5.74) is 14.2. The number of hydrazine groups is 1. The van der Waals surface area contributed by atoms with Gasteiger partial charge < -0.3 is 27.2 Å². The van der Waals surface area contributed by atoms with Crippen molar-refractivity contribution in [3.05, 3.63) is 24.3 Å². The molecule has 84 valence electrons. The third-order valence-electron chi connectivity index (χ3n) is 1.94. The average molecular weight is 220 g/mol. The number of anilines is 2. The van der Waals surface area contributed by atoms with Gasteiger partial charge in [-0.2, -0.15) is 9.97 Å². The van der Waals surface area contributed by atoms with Gasteiger partial charge in [0.25, 0.3) is 0 Å². The first-order valence-corrected chi connectivity index (χ1v) is 4.50. The summed E-state index contributed by atoms with van der Waals surface area (Å²) in [6.07, 6.45) is 3.11. The van der Waals surface area contributed by atoms with Crippen LogP contribution in [0.5, 0.6) is 0 Å². The van der Waals surface area contributed by atoms with E-state index in [0.29, 0.717) is 17.4 Å². The lowest BCUT2D eigenvalue weighted by atomic mass is 10.4. The molecule has 16 heavy (non-hydrogen) atoms. The van der Waals surface area contributed by atoms with E-state index in [4.69, 9.17) is 17.3 Å². The maximum absolute atomic E-state index is 5.74. The van der Waals surface area contributed by atoms with Crippen molar-refractivity contribution in [1.82, 2.24) is 20.4 Å². The van der Waals surface area contributed by atoms with Crippen LogP contribution in [0.1, 0.15) is 0 Å². The van der Waals surface area contributed by atoms with Crippen LogP contribution in [0.4, 0.5) is 11.8 Å². The number of nitrogen functional groups attached to an aromatic ring is 1. The van der Waals surface area contributed by atoms with Crippen molar-refractivity contribution in [2.45, 2.75) is 0 Å². The van der Waals surface area contributed by atoms with Crippen molar-refractivity contribution in [3.63, 3.8) is 0 Å². The van der Waals surface area contributed by atoms with Crippen molar-refractivity contribution in [1.29, 1.82) is 0 Å². The molecule has 0 spiro atoms. The van der Waals surface area contributed by atoms with Gasteiger partial charge in [-0.25, -0.2) is 0 Å². The fourth-order valence-electron chi connectivity index (χ4n) is 1.28. The largest absolute Gasteiger partial charge is 0.384 e. The van der Waals surface area contributed by atoms with E-state index in [0.717, 1.165) is 5.39 Å². The SMILES string of the molecule is NN/C=C(\N)Nc1nc(N)c2cc[nH]c2n1. The van der Waals surface area contributed by atoms with Gasteiger partial charge in [-0.3, -0.25) is 5.84 Å². The Balaban J connectivity index is 2.35. The number of hydrogen-bond donors (Lipinski definition) is 6. The standard InChI is InChI=1S/C8H12N8/c9-5(3-13-11)14-8-15-6(10)4-1-2-12-7(4)16-8/h1-3,13H,9,11H2,(H4,10,12,14,15,16)/b5-3+. The van der Waals surface area contributed by atoms with Crippen LogP contribution in [0.2, 0.25) is 0 Å². The molecule has 0 saturated heterocycles. The summed E-state index contributed by atoms with van der Waals surface area (Å²) in [5, 5.41) is 3.51. The topological polar surface area (TPSA) is 144 Å². The summed E-state index contributed by atoms with van der Waals surface area (Å²) in [5.74, 6) is 6.03. The highest BCUT2D eigenvalue weighted by Crippen LogP contribution is 2.17. The first-order chi connectivity index (χ1) is 7.70. The highest BCUT2D eigenvalue weighted by atomic mass is 15.2. The molecule has 0 fully saturated rings. The van der Waals surface area contributed by atoms with Crippen LogP contribution in [-0.2, 0) is 0 Å². The summed E-state index contributed by atoms with van der Waals surface area (Å²) >= 11 is 0. The molecular weight excluding hydrogens is 208 g/mol. The zero-order valence-electron chi connectivity index (χ0n) is 8.36. The molecule has 0 bridgehead atoms. The molecule has 9 N–H and O–H groups in total. The zero-order chi connectivity index (χ0) is 11.5. The fraction of sp³-hybridized carbons (Fsp3) is 0. The van der Waals surface area contributed by atoms with Crippen molar-refractivity contribution >= 4 is 22.8 Å².